The molecular formula is C13H14ClFN2O2S2. The van der Waals surface area contributed by atoms with Crippen LogP contribution in [-0.4, -0.2) is 8.42 Å². The number of halogens is 2. The van der Waals surface area contributed by atoms with Gasteiger partial charge in [-0.1, -0.05) is 18.5 Å². The molecule has 1 heterocycles. The zero-order valence-corrected chi connectivity index (χ0v) is 13.6. The third-order valence-electron chi connectivity index (χ3n) is 2.96. The molecule has 2 aromatic rings. The average Bonchev–Trinajstić information content (AvgIpc) is 2.88. The summed E-state index contributed by atoms with van der Waals surface area (Å²) in [6, 6.07) is 4.15. The molecule has 21 heavy (non-hydrogen) atoms. The van der Waals surface area contributed by atoms with Crippen LogP contribution in [0.1, 0.15) is 17.4 Å². The van der Waals surface area contributed by atoms with Crippen molar-refractivity contribution in [3.8, 4) is 0 Å². The Balaban J connectivity index is 2.27. The highest BCUT2D eigenvalue weighted by Gasteiger charge is 2.22. The molecule has 8 heteroatoms. The van der Waals surface area contributed by atoms with E-state index in [0.29, 0.717) is 0 Å². The minimum Gasteiger partial charge on any atom is -0.396 e. The van der Waals surface area contributed by atoms with E-state index in [-0.39, 0.29) is 17.3 Å². The van der Waals surface area contributed by atoms with Crippen molar-refractivity contribution in [2.45, 2.75) is 24.8 Å². The number of hydrogen-bond acceptors (Lipinski definition) is 4. The van der Waals surface area contributed by atoms with Gasteiger partial charge in [-0.3, -0.25) is 0 Å². The third kappa shape index (κ3) is 3.55. The van der Waals surface area contributed by atoms with Gasteiger partial charge >= 0.3 is 0 Å². The van der Waals surface area contributed by atoms with Crippen molar-refractivity contribution in [1.82, 2.24) is 4.72 Å². The normalized spacial score (nSPS) is 11.8. The second-order valence-electron chi connectivity index (χ2n) is 4.35. The first-order valence-electron chi connectivity index (χ1n) is 6.14. The second kappa shape index (κ2) is 6.31. The summed E-state index contributed by atoms with van der Waals surface area (Å²) in [5, 5.41) is 1.96. The highest BCUT2D eigenvalue weighted by molar-refractivity contribution is 7.89. The first kappa shape index (κ1) is 16.2. The molecule has 4 nitrogen and oxygen atoms in total. The van der Waals surface area contributed by atoms with Crippen molar-refractivity contribution in [2.75, 3.05) is 5.73 Å². The predicted octanol–water partition coefficient (Wildman–Crippen LogP) is 3.16. The molecule has 0 fully saturated rings. The zero-order valence-electron chi connectivity index (χ0n) is 11.2. The largest absolute Gasteiger partial charge is 0.396 e. The van der Waals surface area contributed by atoms with Crippen LogP contribution in [0.4, 0.5) is 10.1 Å². The molecule has 1 aromatic carbocycles. The predicted molar refractivity (Wildman–Crippen MR) is 83.5 cm³/mol. The summed E-state index contributed by atoms with van der Waals surface area (Å²) >= 11 is 7.19. The first-order chi connectivity index (χ1) is 9.85. The Kier molecular flexibility index (Phi) is 4.88. The molecule has 0 aliphatic heterocycles. The molecule has 0 unspecified atom stereocenters. The fraction of sp³-hybridized carbons (Fsp3) is 0.231. The summed E-state index contributed by atoms with van der Waals surface area (Å²) in [5.41, 5.74) is 6.17. The molecule has 3 N–H and O–H groups in total. The summed E-state index contributed by atoms with van der Waals surface area (Å²) in [4.78, 5) is 0.360. The monoisotopic (exact) mass is 348 g/mol. The summed E-state index contributed by atoms with van der Waals surface area (Å²) in [7, 11) is -4.02. The number of nitrogens with two attached hydrogens (primary N) is 1. The molecule has 1 aromatic heterocycles. The third-order valence-corrected chi connectivity index (χ3v) is 5.54. The maximum absolute atomic E-state index is 13.9. The van der Waals surface area contributed by atoms with Crippen molar-refractivity contribution < 1.29 is 12.8 Å². The molecule has 0 aliphatic rings. The Morgan fingerprint density at radius 1 is 1.43 bits per heavy atom. The number of hydrogen-bond donors (Lipinski definition) is 2. The van der Waals surface area contributed by atoms with Gasteiger partial charge < -0.3 is 5.73 Å². The van der Waals surface area contributed by atoms with Gasteiger partial charge in [0.25, 0.3) is 0 Å². The fourth-order valence-corrected chi connectivity index (χ4v) is 4.28. The highest BCUT2D eigenvalue weighted by atomic mass is 35.5. The molecule has 114 valence electrons. The van der Waals surface area contributed by atoms with Gasteiger partial charge in [0.1, 0.15) is 4.90 Å². The van der Waals surface area contributed by atoms with Crippen molar-refractivity contribution >= 4 is 38.6 Å². The number of rotatable bonds is 5. The van der Waals surface area contributed by atoms with E-state index in [9.17, 15) is 12.8 Å². The Morgan fingerprint density at radius 3 is 2.81 bits per heavy atom. The Bertz CT molecular complexity index is 760. The van der Waals surface area contributed by atoms with Crippen molar-refractivity contribution in [3.63, 3.8) is 0 Å². The molecule has 0 spiro atoms. The van der Waals surface area contributed by atoms with Crippen molar-refractivity contribution in [1.29, 1.82) is 0 Å². The molecule has 0 bridgehead atoms. The SMILES string of the molecule is CCc1ccsc1CNS(=O)(=O)c1cc(Cl)cc(N)c1F. The highest BCUT2D eigenvalue weighted by Crippen LogP contribution is 2.25. The zero-order chi connectivity index (χ0) is 15.6. The van der Waals surface area contributed by atoms with Crippen molar-refractivity contribution in [3.05, 3.63) is 44.9 Å². The second-order valence-corrected chi connectivity index (χ2v) is 7.53. The number of benzene rings is 1. The van der Waals surface area contributed by atoms with Gasteiger partial charge in [0.15, 0.2) is 5.82 Å². The van der Waals surface area contributed by atoms with E-state index in [4.69, 9.17) is 17.3 Å². The molecule has 0 saturated carbocycles. The summed E-state index contributed by atoms with van der Waals surface area (Å²) in [5.74, 6) is -0.992. The minimum atomic E-state index is -4.02. The van der Waals surface area contributed by atoms with Crippen LogP contribution in [0.2, 0.25) is 5.02 Å². The van der Waals surface area contributed by atoms with Gasteiger partial charge in [-0.15, -0.1) is 11.3 Å². The quantitative estimate of drug-likeness (QED) is 0.815. The van der Waals surface area contributed by atoms with Crippen LogP contribution in [0.3, 0.4) is 0 Å². The Labute approximate surface area is 131 Å². The number of anilines is 1. The number of nitrogens with one attached hydrogen (secondary N) is 1. The molecule has 0 amide bonds. The van der Waals surface area contributed by atoms with Crippen LogP contribution in [0, 0.1) is 5.82 Å². The van der Waals surface area contributed by atoms with Gasteiger partial charge in [-0.2, -0.15) is 0 Å². The number of thiophene rings is 1. The lowest BCUT2D eigenvalue weighted by Gasteiger charge is -2.09. The smallest absolute Gasteiger partial charge is 0.243 e. The van der Waals surface area contributed by atoms with Crippen molar-refractivity contribution in [2.24, 2.45) is 0 Å². The Hall–Kier alpha value is -1.15. The summed E-state index contributed by atoms with van der Waals surface area (Å²) < 4.78 is 40.6. The van der Waals surface area contributed by atoms with Gasteiger partial charge in [0.05, 0.1) is 5.69 Å². The number of aryl methyl sites for hydroxylation is 1. The summed E-state index contributed by atoms with van der Waals surface area (Å²) in [6.45, 7) is 2.09. The maximum atomic E-state index is 13.9. The van der Waals surface area contributed by atoms with E-state index in [2.05, 4.69) is 4.72 Å². The van der Waals surface area contributed by atoms with E-state index in [1.807, 2.05) is 18.4 Å². The average molecular weight is 349 g/mol. The van der Waals surface area contributed by atoms with E-state index in [1.165, 1.54) is 17.4 Å². The fourth-order valence-electron chi connectivity index (χ4n) is 1.86. The molecule has 0 radical (unpaired) electrons. The lowest BCUT2D eigenvalue weighted by molar-refractivity contribution is 0.559. The maximum Gasteiger partial charge on any atom is 0.243 e. The minimum absolute atomic E-state index is 0.0691. The van der Waals surface area contributed by atoms with Gasteiger partial charge in [-0.25, -0.2) is 17.5 Å². The Morgan fingerprint density at radius 2 is 2.14 bits per heavy atom. The molecule has 0 atom stereocenters. The standard InChI is InChI=1S/C13H14ClFN2O2S2/c1-2-8-3-4-20-11(8)7-17-21(18,19)12-6-9(14)5-10(16)13(12)15/h3-6,17H,2,7,16H2,1H3. The molecule has 2 rings (SSSR count). The van der Waals surface area contributed by atoms with Gasteiger partial charge in [0, 0.05) is 16.4 Å². The van der Waals surface area contributed by atoms with E-state index >= 15 is 0 Å². The first-order valence-corrected chi connectivity index (χ1v) is 8.88. The lowest BCUT2D eigenvalue weighted by atomic mass is 10.2. The van der Waals surface area contributed by atoms with Gasteiger partial charge in [0.2, 0.25) is 10.0 Å². The van der Waals surface area contributed by atoms with Gasteiger partial charge in [-0.05, 0) is 35.6 Å². The molecular weight excluding hydrogens is 335 g/mol. The van der Waals surface area contributed by atoms with Crippen LogP contribution >= 0.6 is 22.9 Å². The van der Waals surface area contributed by atoms with Crippen LogP contribution in [0.15, 0.2) is 28.5 Å². The van der Waals surface area contributed by atoms with Crippen LogP contribution in [0.25, 0.3) is 0 Å². The van der Waals surface area contributed by atoms with Crippen LogP contribution in [-0.2, 0) is 23.0 Å². The van der Waals surface area contributed by atoms with E-state index < -0.39 is 20.7 Å². The summed E-state index contributed by atoms with van der Waals surface area (Å²) in [6.07, 6.45) is 0.805. The number of nitrogen functional groups attached to an aromatic ring is 1. The number of sulfonamides is 1. The van der Waals surface area contributed by atoms with Crippen LogP contribution in [0.5, 0.6) is 0 Å². The lowest BCUT2D eigenvalue weighted by Crippen LogP contribution is -2.24. The van der Waals surface area contributed by atoms with E-state index in [0.717, 1.165) is 22.9 Å². The van der Waals surface area contributed by atoms with E-state index in [1.54, 1.807) is 0 Å². The topological polar surface area (TPSA) is 72.2 Å². The molecule has 0 aliphatic carbocycles. The molecule has 0 saturated heterocycles. The van der Waals surface area contributed by atoms with Crippen LogP contribution < -0.4 is 10.5 Å².